The van der Waals surface area contributed by atoms with Gasteiger partial charge in [0.2, 0.25) is 0 Å². The maximum atomic E-state index is 5.78. The first-order valence-electron chi connectivity index (χ1n) is 6.26. The molecule has 0 aliphatic heterocycles. The van der Waals surface area contributed by atoms with Crippen LogP contribution in [0.25, 0.3) is 0 Å². The first-order chi connectivity index (χ1) is 7.89. The number of methoxy groups -OCH3 is 1. The zero-order valence-electron chi connectivity index (χ0n) is 11.7. The molecule has 0 bridgehead atoms. The van der Waals surface area contributed by atoms with Gasteiger partial charge in [-0.1, -0.05) is 39.8 Å². The van der Waals surface area contributed by atoms with Crippen LogP contribution < -0.4 is 10.5 Å². The summed E-state index contributed by atoms with van der Waals surface area (Å²) in [6.45, 7) is 9.49. The molecule has 96 valence electrons. The van der Waals surface area contributed by atoms with Gasteiger partial charge in [0.05, 0.1) is 7.11 Å². The van der Waals surface area contributed by atoms with Gasteiger partial charge in [0.1, 0.15) is 5.75 Å². The Hall–Kier alpha value is -1.02. The minimum absolute atomic E-state index is 0.156. The molecule has 0 aliphatic carbocycles. The molecule has 0 heterocycles. The van der Waals surface area contributed by atoms with E-state index in [1.165, 1.54) is 11.1 Å². The minimum atomic E-state index is 0.156. The quantitative estimate of drug-likeness (QED) is 0.849. The van der Waals surface area contributed by atoms with Gasteiger partial charge in [-0.2, -0.15) is 0 Å². The monoisotopic (exact) mass is 235 g/mol. The van der Waals surface area contributed by atoms with Crippen molar-refractivity contribution in [2.75, 3.05) is 13.7 Å². The molecule has 0 atom stereocenters. The van der Waals surface area contributed by atoms with Gasteiger partial charge in [-0.3, -0.25) is 0 Å². The van der Waals surface area contributed by atoms with E-state index in [1.807, 2.05) is 0 Å². The smallest absolute Gasteiger partial charge is 0.122 e. The van der Waals surface area contributed by atoms with Crippen molar-refractivity contribution in [3.8, 4) is 5.75 Å². The molecule has 0 spiro atoms. The summed E-state index contributed by atoms with van der Waals surface area (Å²) >= 11 is 0. The lowest BCUT2D eigenvalue weighted by atomic mass is 9.85. The van der Waals surface area contributed by atoms with Crippen LogP contribution in [0.5, 0.6) is 5.75 Å². The molecule has 0 unspecified atom stereocenters. The maximum absolute atomic E-state index is 5.78. The Kier molecular flexibility index (Phi) is 4.58. The summed E-state index contributed by atoms with van der Waals surface area (Å²) in [6.07, 6.45) is 1.01. The zero-order chi connectivity index (χ0) is 13.1. The van der Waals surface area contributed by atoms with Crippen LogP contribution >= 0.6 is 0 Å². The highest BCUT2D eigenvalue weighted by Crippen LogP contribution is 2.29. The van der Waals surface area contributed by atoms with Gasteiger partial charge in [0.25, 0.3) is 0 Å². The molecule has 0 fully saturated rings. The predicted octanol–water partition coefficient (Wildman–Crippen LogP) is 3.35. The maximum Gasteiger partial charge on any atom is 0.122 e. The normalized spacial score (nSPS) is 11.9. The number of hydrogen-bond acceptors (Lipinski definition) is 2. The highest BCUT2D eigenvalue weighted by Gasteiger charge is 2.17. The Labute approximate surface area is 105 Å². The van der Waals surface area contributed by atoms with E-state index in [2.05, 4.69) is 45.9 Å². The first kappa shape index (κ1) is 14.0. The van der Waals surface area contributed by atoms with Crippen LogP contribution in [0.1, 0.15) is 44.7 Å². The van der Waals surface area contributed by atoms with Crippen molar-refractivity contribution < 1.29 is 4.74 Å². The molecule has 0 amide bonds. The predicted molar refractivity (Wildman–Crippen MR) is 73.6 cm³/mol. The third-order valence-electron chi connectivity index (χ3n) is 3.15. The Morgan fingerprint density at radius 3 is 2.41 bits per heavy atom. The van der Waals surface area contributed by atoms with E-state index in [0.29, 0.717) is 12.5 Å². The van der Waals surface area contributed by atoms with Crippen LogP contribution in [0.2, 0.25) is 0 Å². The van der Waals surface area contributed by atoms with Crippen LogP contribution in [0.3, 0.4) is 0 Å². The van der Waals surface area contributed by atoms with Crippen molar-refractivity contribution >= 4 is 0 Å². The summed E-state index contributed by atoms with van der Waals surface area (Å²) in [5.41, 5.74) is 8.55. The molecule has 0 saturated carbocycles. The number of ether oxygens (including phenoxy) is 1. The molecule has 0 saturated heterocycles. The lowest BCUT2D eigenvalue weighted by molar-refractivity contribution is 0.375. The molecule has 1 aromatic rings. The second kappa shape index (κ2) is 5.54. The van der Waals surface area contributed by atoms with Crippen molar-refractivity contribution in [2.24, 2.45) is 11.1 Å². The van der Waals surface area contributed by atoms with Crippen LogP contribution in [0.4, 0.5) is 0 Å². The van der Waals surface area contributed by atoms with E-state index in [0.717, 1.165) is 12.2 Å². The van der Waals surface area contributed by atoms with Gasteiger partial charge in [-0.15, -0.1) is 0 Å². The van der Waals surface area contributed by atoms with Crippen molar-refractivity contribution in [3.05, 3.63) is 29.3 Å². The second-order valence-electron chi connectivity index (χ2n) is 5.78. The largest absolute Gasteiger partial charge is 0.496 e. The van der Waals surface area contributed by atoms with Crippen LogP contribution in [-0.2, 0) is 6.42 Å². The topological polar surface area (TPSA) is 35.2 Å². The molecule has 2 nitrogen and oxygen atoms in total. The van der Waals surface area contributed by atoms with Gasteiger partial charge >= 0.3 is 0 Å². The van der Waals surface area contributed by atoms with Crippen LogP contribution in [0, 0.1) is 5.41 Å². The van der Waals surface area contributed by atoms with Crippen molar-refractivity contribution in [1.82, 2.24) is 0 Å². The molecule has 2 N–H and O–H groups in total. The van der Waals surface area contributed by atoms with Crippen molar-refractivity contribution in [3.63, 3.8) is 0 Å². The fourth-order valence-corrected chi connectivity index (χ4v) is 1.97. The third-order valence-corrected chi connectivity index (χ3v) is 3.15. The number of nitrogens with two attached hydrogens (primary N) is 1. The molecular weight excluding hydrogens is 210 g/mol. The van der Waals surface area contributed by atoms with E-state index in [4.69, 9.17) is 10.5 Å². The van der Waals surface area contributed by atoms with E-state index >= 15 is 0 Å². The molecule has 0 aliphatic rings. The lowest BCUT2D eigenvalue weighted by Gasteiger charge is -2.23. The van der Waals surface area contributed by atoms with Crippen molar-refractivity contribution in [2.45, 2.75) is 40.0 Å². The number of benzene rings is 1. The molecule has 0 radical (unpaired) electrons. The second-order valence-corrected chi connectivity index (χ2v) is 5.78. The average molecular weight is 235 g/mol. The van der Waals surface area contributed by atoms with E-state index in [1.54, 1.807) is 7.11 Å². The Bertz CT molecular complexity index is 369. The summed E-state index contributed by atoms with van der Waals surface area (Å²) in [6, 6.07) is 6.46. The zero-order valence-corrected chi connectivity index (χ0v) is 11.7. The average Bonchev–Trinajstić information content (AvgIpc) is 2.28. The summed E-state index contributed by atoms with van der Waals surface area (Å²) in [4.78, 5) is 0. The highest BCUT2D eigenvalue weighted by molar-refractivity contribution is 5.39. The molecule has 17 heavy (non-hydrogen) atoms. The van der Waals surface area contributed by atoms with Gasteiger partial charge in [0, 0.05) is 0 Å². The summed E-state index contributed by atoms with van der Waals surface area (Å²) in [7, 11) is 1.73. The Balaban J connectivity index is 3.00. The molecule has 1 aromatic carbocycles. The van der Waals surface area contributed by atoms with E-state index in [-0.39, 0.29) is 5.41 Å². The van der Waals surface area contributed by atoms with E-state index < -0.39 is 0 Å². The lowest BCUT2D eigenvalue weighted by Crippen LogP contribution is -2.25. The Morgan fingerprint density at radius 1 is 1.29 bits per heavy atom. The van der Waals surface area contributed by atoms with Gasteiger partial charge in [-0.25, -0.2) is 0 Å². The number of rotatable bonds is 5. The summed E-state index contributed by atoms with van der Waals surface area (Å²) < 4.78 is 5.39. The first-order valence-corrected chi connectivity index (χ1v) is 6.26. The fourth-order valence-electron chi connectivity index (χ4n) is 1.97. The summed E-state index contributed by atoms with van der Waals surface area (Å²) in [5.74, 6) is 1.46. The SMILES string of the molecule is COc1ccc(CC(C)(C)CN)cc1C(C)C. The molecule has 2 heteroatoms. The Morgan fingerprint density at radius 2 is 1.94 bits per heavy atom. The molecule has 1 rings (SSSR count). The fraction of sp³-hybridized carbons (Fsp3) is 0.600. The van der Waals surface area contributed by atoms with Crippen LogP contribution in [-0.4, -0.2) is 13.7 Å². The highest BCUT2D eigenvalue weighted by atomic mass is 16.5. The standard InChI is InChI=1S/C15H25NO/c1-11(2)13-8-12(6-7-14(13)17-5)9-15(3,4)10-16/h6-8,11H,9-10,16H2,1-5H3. The van der Waals surface area contributed by atoms with Crippen molar-refractivity contribution in [1.29, 1.82) is 0 Å². The van der Waals surface area contributed by atoms with Crippen LogP contribution in [0.15, 0.2) is 18.2 Å². The van der Waals surface area contributed by atoms with E-state index in [9.17, 15) is 0 Å². The number of hydrogen-bond donors (Lipinski definition) is 1. The minimum Gasteiger partial charge on any atom is -0.496 e. The summed E-state index contributed by atoms with van der Waals surface area (Å²) in [5, 5.41) is 0. The van der Waals surface area contributed by atoms with Gasteiger partial charge in [0.15, 0.2) is 0 Å². The van der Waals surface area contributed by atoms with Gasteiger partial charge < -0.3 is 10.5 Å². The third kappa shape index (κ3) is 3.74. The molecule has 0 aromatic heterocycles. The van der Waals surface area contributed by atoms with Gasteiger partial charge in [-0.05, 0) is 41.5 Å². The molecular formula is C15H25NO.